The van der Waals surface area contributed by atoms with Crippen LogP contribution in [0.4, 0.5) is 0 Å². The number of nitrogens with zero attached hydrogens (tertiary/aromatic N) is 2. The highest BCUT2D eigenvalue weighted by Crippen LogP contribution is 2.30. The molecule has 0 radical (unpaired) electrons. The second kappa shape index (κ2) is 8.14. The number of nitrogens with two attached hydrogens (primary N) is 1. The van der Waals surface area contributed by atoms with Gasteiger partial charge in [0.1, 0.15) is 0 Å². The molecule has 2 aliphatic rings. The van der Waals surface area contributed by atoms with E-state index < -0.39 is 0 Å². The van der Waals surface area contributed by atoms with E-state index in [9.17, 15) is 4.79 Å². The Labute approximate surface area is 130 Å². The van der Waals surface area contributed by atoms with E-state index >= 15 is 0 Å². The Kier molecular flexibility index (Phi) is 6.49. The molecule has 2 aliphatic heterocycles. The normalized spacial score (nSPS) is 28.2. The van der Waals surface area contributed by atoms with Gasteiger partial charge in [-0.1, -0.05) is 13.3 Å². The summed E-state index contributed by atoms with van der Waals surface area (Å²) >= 11 is 0. The lowest BCUT2D eigenvalue weighted by Crippen LogP contribution is -2.53. The molecule has 1 amide bonds. The van der Waals surface area contributed by atoms with E-state index in [1.165, 1.54) is 19.4 Å². The molecule has 3 unspecified atom stereocenters. The second-order valence-corrected chi connectivity index (χ2v) is 6.97. The molecule has 3 atom stereocenters. The molecule has 4 heteroatoms. The summed E-state index contributed by atoms with van der Waals surface area (Å²) in [5.74, 6) is 1.70. The number of hydrogen-bond donors (Lipinski definition) is 1. The fourth-order valence-electron chi connectivity index (χ4n) is 4.15. The molecule has 0 bridgehead atoms. The van der Waals surface area contributed by atoms with Crippen LogP contribution in [-0.4, -0.2) is 55.0 Å². The third kappa shape index (κ3) is 4.43. The van der Waals surface area contributed by atoms with Crippen LogP contribution in [0.25, 0.3) is 0 Å². The third-order valence-corrected chi connectivity index (χ3v) is 5.62. The maximum Gasteiger partial charge on any atom is 0.222 e. The lowest BCUT2D eigenvalue weighted by atomic mass is 9.84. The van der Waals surface area contributed by atoms with E-state index in [2.05, 4.69) is 23.8 Å². The molecular formula is C17H33N3O. The fourth-order valence-corrected chi connectivity index (χ4v) is 4.15. The zero-order valence-electron chi connectivity index (χ0n) is 13.9. The van der Waals surface area contributed by atoms with Gasteiger partial charge in [0, 0.05) is 25.6 Å². The molecule has 2 saturated heterocycles. The molecular weight excluding hydrogens is 262 g/mol. The van der Waals surface area contributed by atoms with Crippen LogP contribution in [0.3, 0.4) is 0 Å². The van der Waals surface area contributed by atoms with Gasteiger partial charge in [-0.2, -0.15) is 0 Å². The minimum absolute atomic E-state index is 0.372. The maximum absolute atomic E-state index is 12.5. The molecule has 0 aromatic heterocycles. The summed E-state index contributed by atoms with van der Waals surface area (Å²) < 4.78 is 0. The average molecular weight is 295 g/mol. The van der Waals surface area contributed by atoms with Crippen LogP contribution in [0.1, 0.15) is 51.9 Å². The summed E-state index contributed by atoms with van der Waals surface area (Å²) in [5, 5.41) is 0. The van der Waals surface area contributed by atoms with Gasteiger partial charge in [-0.25, -0.2) is 0 Å². The number of rotatable bonds is 6. The van der Waals surface area contributed by atoms with Crippen LogP contribution in [-0.2, 0) is 4.79 Å². The van der Waals surface area contributed by atoms with E-state index in [1.54, 1.807) is 0 Å². The van der Waals surface area contributed by atoms with E-state index in [-0.39, 0.29) is 0 Å². The van der Waals surface area contributed by atoms with Gasteiger partial charge < -0.3 is 15.5 Å². The molecule has 0 aromatic rings. The van der Waals surface area contributed by atoms with Crippen molar-refractivity contribution in [3.63, 3.8) is 0 Å². The zero-order chi connectivity index (χ0) is 15.2. The fraction of sp³-hybridized carbons (Fsp3) is 0.941. The smallest absolute Gasteiger partial charge is 0.222 e. The van der Waals surface area contributed by atoms with Crippen LogP contribution >= 0.6 is 0 Å². The van der Waals surface area contributed by atoms with Gasteiger partial charge in [0.05, 0.1) is 0 Å². The van der Waals surface area contributed by atoms with Gasteiger partial charge in [-0.15, -0.1) is 0 Å². The van der Waals surface area contributed by atoms with Gasteiger partial charge in [0.15, 0.2) is 0 Å². The molecule has 0 spiro atoms. The van der Waals surface area contributed by atoms with Gasteiger partial charge in [-0.3, -0.25) is 4.79 Å². The Morgan fingerprint density at radius 1 is 1.29 bits per heavy atom. The lowest BCUT2D eigenvalue weighted by Gasteiger charge is -2.46. The van der Waals surface area contributed by atoms with Gasteiger partial charge in [0.25, 0.3) is 0 Å². The first-order chi connectivity index (χ1) is 10.2. The van der Waals surface area contributed by atoms with Crippen LogP contribution in [0.15, 0.2) is 0 Å². The molecule has 2 fully saturated rings. The molecule has 122 valence electrons. The summed E-state index contributed by atoms with van der Waals surface area (Å²) in [4.78, 5) is 17.1. The number of carbonyl (C=O) groups is 1. The summed E-state index contributed by atoms with van der Waals surface area (Å²) in [6.45, 7) is 6.12. The molecule has 0 aromatic carbocycles. The quantitative estimate of drug-likeness (QED) is 0.816. The molecule has 0 aliphatic carbocycles. The Bertz CT molecular complexity index is 334. The zero-order valence-corrected chi connectivity index (χ0v) is 13.9. The van der Waals surface area contributed by atoms with Crippen molar-refractivity contribution < 1.29 is 4.79 Å². The van der Waals surface area contributed by atoms with E-state index in [0.29, 0.717) is 30.2 Å². The number of likely N-dealkylation sites (tertiary alicyclic amines) is 2. The minimum atomic E-state index is 0.372. The van der Waals surface area contributed by atoms with Crippen molar-refractivity contribution in [1.82, 2.24) is 9.80 Å². The summed E-state index contributed by atoms with van der Waals surface area (Å²) in [6, 6.07) is 0.712. The van der Waals surface area contributed by atoms with E-state index in [1.807, 2.05) is 0 Å². The van der Waals surface area contributed by atoms with Gasteiger partial charge in [-0.05, 0) is 64.1 Å². The molecule has 2 rings (SSSR count). The van der Waals surface area contributed by atoms with Crippen LogP contribution in [0.2, 0.25) is 0 Å². The first-order valence-electron chi connectivity index (χ1n) is 8.83. The van der Waals surface area contributed by atoms with Crippen molar-refractivity contribution in [1.29, 1.82) is 0 Å². The molecule has 2 N–H and O–H groups in total. The number of hydrogen-bond acceptors (Lipinski definition) is 3. The Balaban J connectivity index is 1.78. The molecule has 21 heavy (non-hydrogen) atoms. The minimum Gasteiger partial charge on any atom is -0.342 e. The van der Waals surface area contributed by atoms with E-state index in [0.717, 1.165) is 45.3 Å². The highest BCUT2D eigenvalue weighted by atomic mass is 16.2. The third-order valence-electron chi connectivity index (χ3n) is 5.62. The van der Waals surface area contributed by atoms with Crippen molar-refractivity contribution in [2.75, 3.05) is 33.2 Å². The number of piperidine rings is 2. The summed E-state index contributed by atoms with van der Waals surface area (Å²) in [6.07, 6.45) is 7.66. The Morgan fingerprint density at radius 2 is 2.10 bits per heavy atom. The number of fused-ring (bicyclic) bond motifs is 1. The number of carbonyl (C=O) groups excluding carboxylic acids is 1. The standard InChI is InChI=1S/C17H33N3O/c1-3-14(8-10-18)6-7-17(21)20-12-9-16-15(13-20)5-4-11-19(16)2/h14-16H,3-13,18H2,1-2H3. The Hall–Kier alpha value is -0.610. The monoisotopic (exact) mass is 295 g/mol. The van der Waals surface area contributed by atoms with Gasteiger partial charge in [0.2, 0.25) is 5.91 Å². The van der Waals surface area contributed by atoms with Crippen molar-refractivity contribution in [3.05, 3.63) is 0 Å². The van der Waals surface area contributed by atoms with E-state index in [4.69, 9.17) is 5.73 Å². The summed E-state index contributed by atoms with van der Waals surface area (Å²) in [5.41, 5.74) is 5.64. The van der Waals surface area contributed by atoms with Crippen molar-refractivity contribution in [2.45, 2.75) is 57.9 Å². The van der Waals surface area contributed by atoms with Crippen molar-refractivity contribution >= 4 is 5.91 Å². The van der Waals surface area contributed by atoms with Crippen molar-refractivity contribution in [2.24, 2.45) is 17.6 Å². The van der Waals surface area contributed by atoms with Crippen LogP contribution < -0.4 is 5.73 Å². The molecule has 4 nitrogen and oxygen atoms in total. The Morgan fingerprint density at radius 3 is 2.81 bits per heavy atom. The molecule has 2 heterocycles. The second-order valence-electron chi connectivity index (χ2n) is 6.97. The largest absolute Gasteiger partial charge is 0.342 e. The highest BCUT2D eigenvalue weighted by Gasteiger charge is 2.35. The predicted molar refractivity (Wildman–Crippen MR) is 87.0 cm³/mol. The maximum atomic E-state index is 12.5. The first-order valence-corrected chi connectivity index (χ1v) is 8.83. The first kappa shape index (κ1) is 16.8. The van der Waals surface area contributed by atoms with Crippen LogP contribution in [0, 0.1) is 11.8 Å². The van der Waals surface area contributed by atoms with Gasteiger partial charge >= 0.3 is 0 Å². The molecule has 0 saturated carbocycles. The SMILES string of the molecule is CCC(CCN)CCC(=O)N1CCC2C(CCCN2C)C1. The summed E-state index contributed by atoms with van der Waals surface area (Å²) in [7, 11) is 2.24. The predicted octanol–water partition coefficient (Wildman–Crippen LogP) is 2.08. The number of amides is 1. The van der Waals surface area contributed by atoms with Crippen molar-refractivity contribution in [3.8, 4) is 0 Å². The highest BCUT2D eigenvalue weighted by molar-refractivity contribution is 5.76. The average Bonchev–Trinajstić information content (AvgIpc) is 2.51. The lowest BCUT2D eigenvalue weighted by molar-refractivity contribution is -0.135. The topological polar surface area (TPSA) is 49.6 Å². The van der Waals surface area contributed by atoms with Crippen LogP contribution in [0.5, 0.6) is 0 Å².